The molecule has 0 radical (unpaired) electrons. The summed E-state index contributed by atoms with van der Waals surface area (Å²) in [5.74, 6) is -0.279. The Morgan fingerprint density at radius 1 is 1.35 bits per heavy atom. The van der Waals surface area contributed by atoms with Crippen molar-refractivity contribution in [2.24, 2.45) is 0 Å². The van der Waals surface area contributed by atoms with Crippen molar-refractivity contribution in [3.63, 3.8) is 0 Å². The molecular formula is C13H14F3N3O4. The third kappa shape index (κ3) is 3.89. The number of ether oxygens (including phenoxy) is 1. The highest BCUT2D eigenvalue weighted by Crippen LogP contribution is 2.30. The topological polar surface area (TPSA) is 119 Å². The van der Waals surface area contributed by atoms with Gasteiger partial charge in [-0.3, -0.25) is 0 Å². The van der Waals surface area contributed by atoms with Gasteiger partial charge in [0, 0.05) is 0 Å². The van der Waals surface area contributed by atoms with Crippen LogP contribution in [0, 0.1) is 11.3 Å². The zero-order valence-corrected chi connectivity index (χ0v) is 11.7. The number of alkyl halides is 3. The Kier molecular flexibility index (Phi) is 5.06. The molecule has 1 aliphatic heterocycles. The second kappa shape index (κ2) is 6.67. The average Bonchev–Trinajstić information content (AvgIpc) is 2.51. The fraction of sp³-hybridized carbons (Fsp3) is 0.538. The molecule has 0 unspecified atom stereocenters. The summed E-state index contributed by atoms with van der Waals surface area (Å²) in [6.45, 7) is -0.672. The quantitative estimate of drug-likeness (QED) is 0.608. The largest absolute Gasteiger partial charge is 0.433 e. The van der Waals surface area contributed by atoms with Gasteiger partial charge in [0.25, 0.3) is 0 Å². The normalized spacial score (nSPS) is 28.2. The van der Waals surface area contributed by atoms with Crippen molar-refractivity contribution in [3.05, 3.63) is 23.4 Å². The molecule has 0 bridgehead atoms. The first-order valence-electron chi connectivity index (χ1n) is 6.60. The smallest absolute Gasteiger partial charge is 0.394 e. The minimum absolute atomic E-state index is 0.163. The number of rotatable bonds is 3. The molecule has 23 heavy (non-hydrogen) atoms. The zero-order chi connectivity index (χ0) is 17.2. The second-order valence-corrected chi connectivity index (χ2v) is 5.02. The molecule has 1 aromatic rings. The number of nitrogens with zero attached hydrogens (tertiary/aromatic N) is 2. The van der Waals surface area contributed by atoms with Gasteiger partial charge in [0.2, 0.25) is 0 Å². The molecule has 4 atom stereocenters. The summed E-state index contributed by atoms with van der Waals surface area (Å²) in [6.07, 6.45) is -8.51. The van der Waals surface area contributed by atoms with Crippen molar-refractivity contribution in [1.82, 2.24) is 4.98 Å². The van der Waals surface area contributed by atoms with E-state index in [4.69, 9.17) is 15.1 Å². The van der Waals surface area contributed by atoms with Crippen molar-refractivity contribution in [1.29, 1.82) is 5.26 Å². The van der Waals surface area contributed by atoms with Gasteiger partial charge in [-0.1, -0.05) is 0 Å². The lowest BCUT2D eigenvalue weighted by atomic mass is 9.98. The third-order valence-corrected chi connectivity index (χ3v) is 3.39. The predicted octanol–water partition coefficient (Wildman–Crippen LogP) is -0.135. The molecule has 0 spiro atoms. The van der Waals surface area contributed by atoms with Gasteiger partial charge in [0.05, 0.1) is 30.9 Å². The molecule has 1 fully saturated rings. The Labute approximate surface area is 129 Å². The lowest BCUT2D eigenvalue weighted by molar-refractivity contribution is -0.152. The molecule has 0 amide bonds. The molecule has 10 heteroatoms. The zero-order valence-electron chi connectivity index (χ0n) is 11.7. The minimum Gasteiger partial charge on any atom is -0.394 e. The van der Waals surface area contributed by atoms with Crippen molar-refractivity contribution in [2.75, 3.05) is 18.5 Å². The van der Waals surface area contributed by atoms with E-state index in [1.807, 2.05) is 0 Å². The van der Waals surface area contributed by atoms with Crippen LogP contribution >= 0.6 is 0 Å². The van der Waals surface area contributed by atoms with Gasteiger partial charge in [-0.05, 0) is 12.1 Å². The van der Waals surface area contributed by atoms with Crippen LogP contribution < -0.4 is 5.32 Å². The molecule has 2 rings (SSSR count). The summed E-state index contributed by atoms with van der Waals surface area (Å²) < 4.78 is 43.4. The van der Waals surface area contributed by atoms with Crippen molar-refractivity contribution in [3.8, 4) is 6.07 Å². The first-order chi connectivity index (χ1) is 10.8. The van der Waals surface area contributed by atoms with Crippen LogP contribution in [0.4, 0.5) is 19.0 Å². The number of anilines is 1. The fourth-order valence-electron chi connectivity index (χ4n) is 2.17. The molecular weight excluding hydrogens is 319 g/mol. The van der Waals surface area contributed by atoms with E-state index < -0.39 is 42.8 Å². The maximum absolute atomic E-state index is 12.8. The number of nitrogens with one attached hydrogen (secondary N) is 1. The number of nitriles is 1. The number of aliphatic hydroxyl groups excluding tert-OH is 3. The van der Waals surface area contributed by atoms with Crippen LogP contribution in [0.1, 0.15) is 11.3 Å². The lowest BCUT2D eigenvalue weighted by Crippen LogP contribution is -2.56. The molecule has 1 saturated heterocycles. The van der Waals surface area contributed by atoms with E-state index in [-0.39, 0.29) is 18.0 Å². The van der Waals surface area contributed by atoms with E-state index >= 15 is 0 Å². The highest BCUT2D eigenvalue weighted by molar-refractivity contribution is 5.46. The van der Waals surface area contributed by atoms with Gasteiger partial charge < -0.3 is 25.4 Å². The predicted molar refractivity (Wildman–Crippen MR) is 70.2 cm³/mol. The molecule has 4 N–H and O–H groups in total. The Morgan fingerprint density at radius 3 is 2.61 bits per heavy atom. The second-order valence-electron chi connectivity index (χ2n) is 5.02. The molecule has 1 aromatic heterocycles. The molecule has 7 nitrogen and oxygen atoms in total. The summed E-state index contributed by atoms with van der Waals surface area (Å²) >= 11 is 0. The summed E-state index contributed by atoms with van der Waals surface area (Å²) in [5.41, 5.74) is -1.51. The minimum atomic E-state index is -4.73. The standard InChI is InChI=1S/C13H14F3N3O4/c14-13(15,16)9-1-6(3-17)2-10(19-9)18-7-5-23-8(4-20)12(22)11(7)21/h1-2,7-8,11-12,20-22H,4-5H2,(H,18,19)/t7-,8+,11+,12-/m0/s1. The highest BCUT2D eigenvalue weighted by Gasteiger charge is 2.39. The van der Waals surface area contributed by atoms with E-state index in [0.717, 1.165) is 6.07 Å². The highest BCUT2D eigenvalue weighted by atomic mass is 19.4. The van der Waals surface area contributed by atoms with Crippen molar-refractivity contribution < 1.29 is 33.2 Å². The lowest BCUT2D eigenvalue weighted by Gasteiger charge is -2.37. The van der Waals surface area contributed by atoms with Crippen LogP contribution in [0.25, 0.3) is 0 Å². The molecule has 126 valence electrons. The maximum Gasteiger partial charge on any atom is 0.433 e. The molecule has 2 heterocycles. The Hall–Kier alpha value is -1.93. The van der Waals surface area contributed by atoms with Crippen molar-refractivity contribution in [2.45, 2.75) is 30.5 Å². The van der Waals surface area contributed by atoms with Gasteiger partial charge in [-0.2, -0.15) is 18.4 Å². The van der Waals surface area contributed by atoms with E-state index in [1.165, 1.54) is 0 Å². The first kappa shape index (κ1) is 17.4. The number of aliphatic hydroxyl groups is 3. The third-order valence-electron chi connectivity index (χ3n) is 3.39. The summed E-state index contributed by atoms with van der Waals surface area (Å²) in [5, 5.41) is 40.0. The Bertz CT molecular complexity index is 605. The summed E-state index contributed by atoms with van der Waals surface area (Å²) in [4.78, 5) is 3.36. The van der Waals surface area contributed by atoms with E-state index in [1.54, 1.807) is 6.07 Å². The van der Waals surface area contributed by atoms with Gasteiger partial charge in [-0.15, -0.1) is 0 Å². The van der Waals surface area contributed by atoms with Gasteiger partial charge in [-0.25, -0.2) is 4.98 Å². The van der Waals surface area contributed by atoms with Gasteiger partial charge >= 0.3 is 6.18 Å². The molecule has 1 aliphatic rings. The van der Waals surface area contributed by atoms with E-state index in [2.05, 4.69) is 10.3 Å². The van der Waals surface area contributed by atoms with Gasteiger partial charge in [0.1, 0.15) is 29.8 Å². The molecule has 0 saturated carbocycles. The van der Waals surface area contributed by atoms with Crippen LogP contribution in [0.2, 0.25) is 0 Å². The SMILES string of the molecule is N#Cc1cc(N[C@H]2CO[C@H](CO)[C@H](O)[C@@H]2O)nc(C(F)(F)F)c1. The fourth-order valence-corrected chi connectivity index (χ4v) is 2.17. The monoisotopic (exact) mass is 333 g/mol. The average molecular weight is 333 g/mol. The number of aromatic nitrogens is 1. The van der Waals surface area contributed by atoms with E-state index in [9.17, 15) is 23.4 Å². The van der Waals surface area contributed by atoms with Crippen LogP contribution in [0.3, 0.4) is 0 Å². The maximum atomic E-state index is 12.8. The van der Waals surface area contributed by atoms with Crippen molar-refractivity contribution >= 4 is 5.82 Å². The Balaban J connectivity index is 2.22. The molecule has 0 aromatic carbocycles. The van der Waals surface area contributed by atoms with Crippen LogP contribution in [0.5, 0.6) is 0 Å². The molecule has 0 aliphatic carbocycles. The number of hydrogen-bond acceptors (Lipinski definition) is 7. The first-order valence-corrected chi connectivity index (χ1v) is 6.60. The van der Waals surface area contributed by atoms with E-state index in [0.29, 0.717) is 6.07 Å². The number of halogens is 3. The Morgan fingerprint density at radius 2 is 2.04 bits per heavy atom. The van der Waals surface area contributed by atoms with Crippen LogP contribution in [-0.4, -0.2) is 57.9 Å². The summed E-state index contributed by atoms with van der Waals surface area (Å²) in [6, 6.07) is 2.34. The van der Waals surface area contributed by atoms with Crippen LogP contribution in [-0.2, 0) is 10.9 Å². The summed E-state index contributed by atoms with van der Waals surface area (Å²) in [7, 11) is 0. The van der Waals surface area contributed by atoms with Gasteiger partial charge in [0.15, 0.2) is 0 Å². The van der Waals surface area contributed by atoms with Crippen LogP contribution in [0.15, 0.2) is 12.1 Å². The number of hydrogen-bond donors (Lipinski definition) is 4. The number of pyridine rings is 1.